The van der Waals surface area contributed by atoms with E-state index in [-0.39, 0.29) is 25.4 Å². The summed E-state index contributed by atoms with van der Waals surface area (Å²) in [7, 11) is 0. The first-order valence-corrected chi connectivity index (χ1v) is 8.52. The number of carbonyl (C=O) groups is 1. The van der Waals surface area contributed by atoms with Gasteiger partial charge in [0.25, 0.3) is 0 Å². The average molecular weight is 376 g/mol. The average Bonchev–Trinajstić information content (AvgIpc) is 2.56. The third-order valence-electron chi connectivity index (χ3n) is 4.31. The van der Waals surface area contributed by atoms with Gasteiger partial charge < -0.3 is 10.5 Å². The zero-order valence-corrected chi connectivity index (χ0v) is 15.3. The summed E-state index contributed by atoms with van der Waals surface area (Å²) in [6.45, 7) is 3.99. The standard InChI is InChI=1S/C19H19ClFN3O2/c1-11-5-13(20)8-23-18(11)16(25)7-12-3-4-15(21)14(6-12)19(2)10-26-9-17(22)24-19/h3-6,8H,7,9-10H2,1-2H3,(H2,22,24)/t19-/m0/s1. The van der Waals surface area contributed by atoms with Crippen LogP contribution in [0.4, 0.5) is 4.39 Å². The third kappa shape index (κ3) is 3.76. The second kappa shape index (κ2) is 7.13. The lowest BCUT2D eigenvalue weighted by Gasteiger charge is -2.30. The van der Waals surface area contributed by atoms with Gasteiger partial charge in [-0.25, -0.2) is 4.39 Å². The minimum Gasteiger partial charge on any atom is -0.386 e. The molecule has 136 valence electrons. The Morgan fingerprint density at radius 1 is 1.42 bits per heavy atom. The van der Waals surface area contributed by atoms with Crippen molar-refractivity contribution in [2.75, 3.05) is 13.2 Å². The number of nitrogens with two attached hydrogens (primary N) is 1. The summed E-state index contributed by atoms with van der Waals surface area (Å²) in [6, 6.07) is 6.26. The molecule has 0 saturated carbocycles. The van der Waals surface area contributed by atoms with Gasteiger partial charge in [-0.2, -0.15) is 0 Å². The number of aromatic nitrogens is 1. The maximum absolute atomic E-state index is 14.4. The molecule has 7 heteroatoms. The van der Waals surface area contributed by atoms with E-state index in [1.807, 2.05) is 0 Å². The number of ketones is 1. The minimum atomic E-state index is -0.917. The largest absolute Gasteiger partial charge is 0.386 e. The molecule has 1 aromatic heterocycles. The number of aryl methyl sites for hydroxylation is 1. The van der Waals surface area contributed by atoms with E-state index in [9.17, 15) is 9.18 Å². The number of carbonyl (C=O) groups excluding carboxylic acids is 1. The maximum Gasteiger partial charge on any atom is 0.185 e. The van der Waals surface area contributed by atoms with Gasteiger partial charge in [-0.15, -0.1) is 0 Å². The predicted molar refractivity (Wildman–Crippen MR) is 98.2 cm³/mol. The number of halogens is 2. The van der Waals surface area contributed by atoms with Crippen LogP contribution in [0.2, 0.25) is 5.02 Å². The second-order valence-electron chi connectivity index (χ2n) is 6.60. The first-order valence-electron chi connectivity index (χ1n) is 8.15. The summed E-state index contributed by atoms with van der Waals surface area (Å²) in [4.78, 5) is 21.1. The third-order valence-corrected chi connectivity index (χ3v) is 4.51. The Bertz CT molecular complexity index is 900. The smallest absolute Gasteiger partial charge is 0.185 e. The molecule has 5 nitrogen and oxygen atoms in total. The molecule has 1 aliphatic rings. The quantitative estimate of drug-likeness (QED) is 0.832. The SMILES string of the molecule is Cc1cc(Cl)cnc1C(=O)Cc1ccc(F)c([C@]2(C)COCC(N)=N2)c1. The summed E-state index contributed by atoms with van der Waals surface area (Å²) in [6.07, 6.45) is 1.54. The number of Topliss-reactive ketones (excluding diaryl/α,β-unsaturated/α-hetero) is 1. The number of hydrogen-bond acceptors (Lipinski definition) is 5. The number of rotatable bonds is 4. The summed E-state index contributed by atoms with van der Waals surface area (Å²) in [5.41, 5.74) is 6.92. The van der Waals surface area contributed by atoms with Crippen molar-refractivity contribution in [2.45, 2.75) is 25.8 Å². The van der Waals surface area contributed by atoms with E-state index in [0.29, 0.717) is 33.2 Å². The normalized spacial score (nSPS) is 19.9. The summed E-state index contributed by atoms with van der Waals surface area (Å²) >= 11 is 5.88. The Labute approximate surface area is 156 Å². The van der Waals surface area contributed by atoms with Crippen molar-refractivity contribution in [3.8, 4) is 0 Å². The fraction of sp³-hybridized carbons (Fsp3) is 0.316. The molecule has 0 bridgehead atoms. The number of pyridine rings is 1. The van der Waals surface area contributed by atoms with Gasteiger partial charge in [0.05, 0.1) is 11.6 Å². The molecular formula is C19H19ClFN3O2. The Balaban J connectivity index is 1.90. The fourth-order valence-electron chi connectivity index (χ4n) is 3.07. The molecule has 2 N–H and O–H groups in total. The number of ether oxygens (including phenoxy) is 1. The topological polar surface area (TPSA) is 77.6 Å². The molecule has 3 rings (SSSR count). The van der Waals surface area contributed by atoms with E-state index < -0.39 is 11.4 Å². The number of amidine groups is 1. The molecule has 26 heavy (non-hydrogen) atoms. The molecule has 2 heterocycles. The monoisotopic (exact) mass is 375 g/mol. The van der Waals surface area contributed by atoms with E-state index >= 15 is 0 Å². The number of hydrogen-bond donors (Lipinski definition) is 1. The highest BCUT2D eigenvalue weighted by atomic mass is 35.5. The highest BCUT2D eigenvalue weighted by Crippen LogP contribution is 2.31. The van der Waals surface area contributed by atoms with Crippen molar-refractivity contribution >= 4 is 23.2 Å². The number of aliphatic imine (C=N–C) groups is 1. The van der Waals surface area contributed by atoms with Gasteiger partial charge in [0.1, 0.15) is 29.5 Å². The van der Waals surface area contributed by atoms with Crippen LogP contribution in [0.1, 0.15) is 34.1 Å². The molecule has 0 aliphatic carbocycles. The fourth-order valence-corrected chi connectivity index (χ4v) is 3.28. The van der Waals surface area contributed by atoms with Crippen LogP contribution >= 0.6 is 11.6 Å². The van der Waals surface area contributed by atoms with Crippen molar-refractivity contribution in [3.05, 3.63) is 63.7 Å². The lowest BCUT2D eigenvalue weighted by Crippen LogP contribution is -2.38. The molecule has 0 amide bonds. The van der Waals surface area contributed by atoms with Crippen LogP contribution in [0.25, 0.3) is 0 Å². The van der Waals surface area contributed by atoms with Crippen LogP contribution in [0.15, 0.2) is 35.5 Å². The van der Waals surface area contributed by atoms with Gasteiger partial charge in [0, 0.05) is 18.2 Å². The molecule has 1 aliphatic heterocycles. The summed E-state index contributed by atoms with van der Waals surface area (Å²) in [5, 5.41) is 0.476. The van der Waals surface area contributed by atoms with E-state index in [1.165, 1.54) is 12.3 Å². The first kappa shape index (κ1) is 18.5. The van der Waals surface area contributed by atoms with Gasteiger partial charge in [-0.3, -0.25) is 14.8 Å². The summed E-state index contributed by atoms with van der Waals surface area (Å²) < 4.78 is 19.8. The molecule has 0 unspecified atom stereocenters. The van der Waals surface area contributed by atoms with E-state index in [4.69, 9.17) is 22.1 Å². The number of nitrogens with zero attached hydrogens (tertiary/aromatic N) is 2. The zero-order chi connectivity index (χ0) is 18.9. The second-order valence-corrected chi connectivity index (χ2v) is 7.04. The molecule has 0 radical (unpaired) electrons. The van der Waals surface area contributed by atoms with E-state index in [0.717, 1.165) is 0 Å². The first-order chi connectivity index (χ1) is 12.3. The molecule has 0 saturated heterocycles. The highest BCUT2D eigenvalue weighted by Gasteiger charge is 2.33. The Morgan fingerprint density at radius 3 is 2.88 bits per heavy atom. The Kier molecular flexibility index (Phi) is 5.07. The van der Waals surface area contributed by atoms with Crippen molar-refractivity contribution in [3.63, 3.8) is 0 Å². The van der Waals surface area contributed by atoms with Gasteiger partial charge >= 0.3 is 0 Å². The van der Waals surface area contributed by atoms with Crippen molar-refractivity contribution in [1.29, 1.82) is 0 Å². The van der Waals surface area contributed by atoms with Crippen LogP contribution in [0.5, 0.6) is 0 Å². The number of benzene rings is 1. The van der Waals surface area contributed by atoms with Gasteiger partial charge in [-0.1, -0.05) is 17.7 Å². The van der Waals surface area contributed by atoms with Crippen LogP contribution in [-0.2, 0) is 16.7 Å². The Morgan fingerprint density at radius 2 is 2.19 bits per heavy atom. The van der Waals surface area contributed by atoms with Crippen molar-refractivity contribution in [1.82, 2.24) is 4.98 Å². The lowest BCUT2D eigenvalue weighted by molar-refractivity contribution is 0.0986. The zero-order valence-electron chi connectivity index (χ0n) is 14.6. The van der Waals surface area contributed by atoms with Crippen LogP contribution in [-0.4, -0.2) is 29.8 Å². The predicted octanol–water partition coefficient (Wildman–Crippen LogP) is 3.21. The summed E-state index contributed by atoms with van der Waals surface area (Å²) in [5.74, 6) is -0.253. The highest BCUT2D eigenvalue weighted by molar-refractivity contribution is 6.30. The van der Waals surface area contributed by atoms with Crippen LogP contribution in [0, 0.1) is 12.7 Å². The van der Waals surface area contributed by atoms with Crippen LogP contribution in [0.3, 0.4) is 0 Å². The molecule has 0 fully saturated rings. The van der Waals surface area contributed by atoms with Gasteiger partial charge in [0.2, 0.25) is 0 Å². The Hall–Kier alpha value is -2.31. The van der Waals surface area contributed by atoms with E-state index in [2.05, 4.69) is 9.98 Å². The van der Waals surface area contributed by atoms with E-state index in [1.54, 1.807) is 32.0 Å². The lowest BCUT2D eigenvalue weighted by atomic mass is 9.89. The molecule has 1 aromatic carbocycles. The van der Waals surface area contributed by atoms with Crippen molar-refractivity contribution < 1.29 is 13.9 Å². The molecular weight excluding hydrogens is 357 g/mol. The molecule has 0 spiro atoms. The maximum atomic E-state index is 14.4. The minimum absolute atomic E-state index is 0.0961. The van der Waals surface area contributed by atoms with Gasteiger partial charge in [-0.05, 0) is 43.2 Å². The molecule has 2 aromatic rings. The van der Waals surface area contributed by atoms with Gasteiger partial charge in [0.15, 0.2) is 5.78 Å². The molecule has 1 atom stereocenters. The van der Waals surface area contributed by atoms with Crippen molar-refractivity contribution in [2.24, 2.45) is 10.7 Å². The van der Waals surface area contributed by atoms with Crippen LogP contribution < -0.4 is 5.73 Å².